The van der Waals surface area contributed by atoms with Crippen molar-refractivity contribution >= 4 is 11.7 Å². The first-order chi connectivity index (χ1) is 12.1. The lowest BCUT2D eigenvalue weighted by Crippen LogP contribution is -2.44. The van der Waals surface area contributed by atoms with E-state index in [9.17, 15) is 9.90 Å². The van der Waals surface area contributed by atoms with Crippen molar-refractivity contribution in [2.75, 3.05) is 24.7 Å². The molecule has 7 nitrogen and oxygen atoms in total. The molecule has 7 heteroatoms. The molecule has 25 heavy (non-hydrogen) atoms. The van der Waals surface area contributed by atoms with Crippen LogP contribution in [0.4, 0.5) is 5.69 Å². The van der Waals surface area contributed by atoms with Crippen molar-refractivity contribution in [2.45, 2.75) is 63.3 Å². The van der Waals surface area contributed by atoms with Crippen molar-refractivity contribution in [3.8, 4) is 0 Å². The predicted octanol–water partition coefficient (Wildman–Crippen LogP) is 2.43. The molecule has 3 heterocycles. The number of piperidine rings is 1. The molecule has 1 aliphatic carbocycles. The van der Waals surface area contributed by atoms with E-state index in [2.05, 4.69) is 23.1 Å². The fourth-order valence-corrected chi connectivity index (χ4v) is 4.44. The molecule has 0 bridgehead atoms. The van der Waals surface area contributed by atoms with Crippen LogP contribution in [0.25, 0.3) is 0 Å². The standard InChI is InChI=1S/C18H27N3O4/c1-13-2-3-14(17(22)23)11-20(13)16-10-19-21(12-16)15-4-6-18(7-5-15)24-8-9-25-18/h10,12-15H,2-9,11H2,1H3,(H,22,23). The molecule has 1 N–H and O–H groups in total. The summed E-state index contributed by atoms with van der Waals surface area (Å²) in [5, 5.41) is 13.9. The zero-order valence-corrected chi connectivity index (χ0v) is 14.8. The number of carbonyl (C=O) groups is 1. The average Bonchev–Trinajstić information content (AvgIpc) is 3.26. The molecule has 0 radical (unpaired) electrons. The van der Waals surface area contributed by atoms with Gasteiger partial charge < -0.3 is 19.5 Å². The van der Waals surface area contributed by atoms with Crippen molar-refractivity contribution in [1.29, 1.82) is 0 Å². The van der Waals surface area contributed by atoms with E-state index in [1.165, 1.54) is 0 Å². The fourth-order valence-electron chi connectivity index (χ4n) is 4.44. The van der Waals surface area contributed by atoms with E-state index >= 15 is 0 Å². The number of aliphatic carboxylic acids is 1. The van der Waals surface area contributed by atoms with Gasteiger partial charge in [0.15, 0.2) is 5.79 Å². The van der Waals surface area contributed by atoms with Gasteiger partial charge >= 0.3 is 5.97 Å². The first-order valence-electron chi connectivity index (χ1n) is 9.38. The van der Waals surface area contributed by atoms with Gasteiger partial charge in [-0.3, -0.25) is 9.48 Å². The van der Waals surface area contributed by atoms with Gasteiger partial charge in [-0.05, 0) is 32.6 Å². The molecule has 1 spiro atoms. The fraction of sp³-hybridized carbons (Fsp3) is 0.778. The highest BCUT2D eigenvalue weighted by atomic mass is 16.7. The summed E-state index contributed by atoms with van der Waals surface area (Å²) in [6.45, 7) is 4.13. The maximum atomic E-state index is 11.3. The number of hydrogen-bond donors (Lipinski definition) is 1. The topological polar surface area (TPSA) is 76.8 Å². The third-order valence-corrected chi connectivity index (χ3v) is 6.06. The van der Waals surface area contributed by atoms with Gasteiger partial charge in [-0.1, -0.05) is 0 Å². The van der Waals surface area contributed by atoms with E-state index in [4.69, 9.17) is 9.47 Å². The minimum absolute atomic E-state index is 0.286. The van der Waals surface area contributed by atoms with Gasteiger partial charge in [-0.2, -0.15) is 5.10 Å². The van der Waals surface area contributed by atoms with E-state index in [0.717, 1.165) is 44.2 Å². The van der Waals surface area contributed by atoms with Crippen molar-refractivity contribution in [2.24, 2.45) is 5.92 Å². The van der Waals surface area contributed by atoms with Crippen molar-refractivity contribution in [3.63, 3.8) is 0 Å². The van der Waals surface area contributed by atoms with Crippen molar-refractivity contribution in [3.05, 3.63) is 12.4 Å². The third-order valence-electron chi connectivity index (χ3n) is 6.06. The Morgan fingerprint density at radius 3 is 2.64 bits per heavy atom. The lowest BCUT2D eigenvalue weighted by atomic mass is 9.90. The molecular weight excluding hydrogens is 322 g/mol. The van der Waals surface area contributed by atoms with Crippen LogP contribution in [0, 0.1) is 5.92 Å². The Kier molecular flexibility index (Phi) is 4.45. The first-order valence-corrected chi connectivity index (χ1v) is 9.38. The van der Waals surface area contributed by atoms with Crippen LogP contribution in [0.3, 0.4) is 0 Å². The number of ether oxygens (including phenoxy) is 2. The van der Waals surface area contributed by atoms with Gasteiger partial charge in [0.05, 0.1) is 37.1 Å². The van der Waals surface area contributed by atoms with Gasteiger partial charge in [0.25, 0.3) is 0 Å². The van der Waals surface area contributed by atoms with Gasteiger partial charge in [-0.15, -0.1) is 0 Å². The number of aromatic nitrogens is 2. The Bertz CT molecular complexity index is 616. The number of hydrogen-bond acceptors (Lipinski definition) is 5. The van der Waals surface area contributed by atoms with Crippen LogP contribution in [-0.4, -0.2) is 52.4 Å². The number of carboxylic acid groups (broad SMARTS) is 1. The highest BCUT2D eigenvalue weighted by Gasteiger charge is 2.41. The smallest absolute Gasteiger partial charge is 0.308 e. The summed E-state index contributed by atoms with van der Waals surface area (Å²) in [6.07, 6.45) is 9.44. The Morgan fingerprint density at radius 2 is 1.96 bits per heavy atom. The number of carboxylic acids is 1. The molecule has 1 saturated carbocycles. The van der Waals surface area contributed by atoms with Crippen LogP contribution >= 0.6 is 0 Å². The van der Waals surface area contributed by atoms with Crippen LogP contribution in [0.1, 0.15) is 51.5 Å². The van der Waals surface area contributed by atoms with E-state index in [1.54, 1.807) is 0 Å². The molecule has 3 fully saturated rings. The Balaban J connectivity index is 1.42. The Morgan fingerprint density at radius 1 is 1.24 bits per heavy atom. The summed E-state index contributed by atoms with van der Waals surface area (Å²) in [6, 6.07) is 0.714. The largest absolute Gasteiger partial charge is 0.481 e. The molecule has 2 unspecified atom stereocenters. The summed E-state index contributed by atoms with van der Waals surface area (Å²) in [7, 11) is 0. The van der Waals surface area contributed by atoms with Gasteiger partial charge in [0.1, 0.15) is 0 Å². The number of anilines is 1. The van der Waals surface area contributed by atoms with E-state index in [-0.39, 0.29) is 11.7 Å². The molecular formula is C18H27N3O4. The molecule has 2 saturated heterocycles. The molecule has 3 aliphatic rings. The van der Waals surface area contributed by atoms with Crippen LogP contribution in [0.2, 0.25) is 0 Å². The van der Waals surface area contributed by atoms with Crippen LogP contribution < -0.4 is 4.90 Å². The lowest BCUT2D eigenvalue weighted by Gasteiger charge is -2.37. The molecule has 4 rings (SSSR count). The second-order valence-electron chi connectivity index (χ2n) is 7.63. The zero-order chi connectivity index (χ0) is 17.4. The molecule has 138 valence electrons. The quantitative estimate of drug-likeness (QED) is 0.903. The minimum Gasteiger partial charge on any atom is -0.481 e. The highest BCUT2D eigenvalue weighted by molar-refractivity contribution is 5.71. The minimum atomic E-state index is -0.696. The van der Waals surface area contributed by atoms with Gasteiger partial charge in [0, 0.05) is 31.6 Å². The zero-order valence-electron chi connectivity index (χ0n) is 14.8. The van der Waals surface area contributed by atoms with Crippen LogP contribution in [0.5, 0.6) is 0 Å². The maximum absolute atomic E-state index is 11.3. The second-order valence-corrected chi connectivity index (χ2v) is 7.63. The van der Waals surface area contributed by atoms with E-state index in [1.807, 2.05) is 10.9 Å². The van der Waals surface area contributed by atoms with Crippen LogP contribution in [0.15, 0.2) is 12.4 Å². The molecule has 1 aromatic heterocycles. The molecule has 0 aromatic carbocycles. The second kappa shape index (κ2) is 6.61. The van der Waals surface area contributed by atoms with Crippen molar-refractivity contribution in [1.82, 2.24) is 9.78 Å². The average molecular weight is 349 g/mol. The lowest BCUT2D eigenvalue weighted by molar-refractivity contribution is -0.181. The summed E-state index contributed by atoms with van der Waals surface area (Å²) < 4.78 is 13.6. The normalized spacial score (nSPS) is 30.0. The number of nitrogens with zero attached hydrogens (tertiary/aromatic N) is 3. The Labute approximate surface area is 147 Å². The highest BCUT2D eigenvalue weighted by Crippen LogP contribution is 2.40. The van der Waals surface area contributed by atoms with Crippen LogP contribution in [-0.2, 0) is 14.3 Å². The summed E-state index contributed by atoms with van der Waals surface area (Å²) >= 11 is 0. The summed E-state index contributed by atoms with van der Waals surface area (Å²) in [4.78, 5) is 13.5. The molecule has 2 aliphatic heterocycles. The molecule has 2 atom stereocenters. The summed E-state index contributed by atoms with van der Waals surface area (Å²) in [5.74, 6) is -1.33. The predicted molar refractivity (Wildman–Crippen MR) is 91.5 cm³/mol. The van der Waals surface area contributed by atoms with Gasteiger partial charge in [-0.25, -0.2) is 0 Å². The monoisotopic (exact) mass is 349 g/mol. The summed E-state index contributed by atoms with van der Waals surface area (Å²) in [5.41, 5.74) is 1.03. The number of rotatable bonds is 3. The first kappa shape index (κ1) is 16.8. The molecule has 0 amide bonds. The van der Waals surface area contributed by atoms with E-state index in [0.29, 0.717) is 31.8 Å². The Hall–Kier alpha value is -1.60. The SMILES string of the molecule is CC1CCC(C(=O)O)CN1c1cnn(C2CCC3(CC2)OCCO3)c1. The third kappa shape index (κ3) is 3.27. The van der Waals surface area contributed by atoms with E-state index < -0.39 is 5.97 Å². The maximum Gasteiger partial charge on any atom is 0.308 e. The van der Waals surface area contributed by atoms with Gasteiger partial charge in [0.2, 0.25) is 0 Å². The van der Waals surface area contributed by atoms with Crippen molar-refractivity contribution < 1.29 is 19.4 Å². The molecule has 1 aromatic rings.